The number of benzene rings is 2. The van der Waals surface area contributed by atoms with Crippen LogP contribution in [0.2, 0.25) is 5.02 Å². The lowest BCUT2D eigenvalue weighted by Crippen LogP contribution is -2.49. The van der Waals surface area contributed by atoms with Crippen molar-refractivity contribution in [2.24, 2.45) is 0 Å². The van der Waals surface area contributed by atoms with Gasteiger partial charge in [-0.3, -0.25) is 9.69 Å². The Morgan fingerprint density at radius 2 is 1.58 bits per heavy atom. The van der Waals surface area contributed by atoms with E-state index in [1.165, 1.54) is 5.56 Å². The molecule has 136 valence electrons. The summed E-state index contributed by atoms with van der Waals surface area (Å²) in [6.45, 7) is 3.47. The fourth-order valence-electron chi connectivity index (χ4n) is 2.88. The molecule has 0 aliphatic carbocycles. The first-order valence-corrected chi connectivity index (χ1v) is 8.96. The van der Waals surface area contributed by atoms with Crippen LogP contribution < -0.4 is 0 Å². The van der Waals surface area contributed by atoms with Gasteiger partial charge < -0.3 is 9.64 Å². The molecule has 1 fully saturated rings. The molecule has 0 atom stereocenters. The van der Waals surface area contributed by atoms with Crippen molar-refractivity contribution < 1.29 is 14.3 Å². The molecule has 0 saturated carbocycles. The number of hydrogen-bond acceptors (Lipinski definition) is 4. The van der Waals surface area contributed by atoms with Gasteiger partial charge in [0.1, 0.15) is 0 Å². The Labute approximate surface area is 158 Å². The highest BCUT2D eigenvalue weighted by molar-refractivity contribution is 6.30. The second-order valence-electron chi connectivity index (χ2n) is 6.23. The van der Waals surface area contributed by atoms with E-state index in [0.717, 1.165) is 24.7 Å². The van der Waals surface area contributed by atoms with Gasteiger partial charge in [0.05, 0.1) is 5.56 Å². The Morgan fingerprint density at radius 3 is 2.23 bits per heavy atom. The van der Waals surface area contributed by atoms with E-state index in [0.29, 0.717) is 18.7 Å². The molecule has 1 heterocycles. The lowest BCUT2D eigenvalue weighted by molar-refractivity contribution is -0.136. The van der Waals surface area contributed by atoms with Crippen molar-refractivity contribution in [3.05, 3.63) is 70.7 Å². The van der Waals surface area contributed by atoms with Crippen molar-refractivity contribution in [2.75, 3.05) is 32.8 Å². The van der Waals surface area contributed by atoms with Crippen LogP contribution in [0.5, 0.6) is 0 Å². The molecule has 0 bridgehead atoms. The van der Waals surface area contributed by atoms with Gasteiger partial charge in [-0.15, -0.1) is 0 Å². The first kappa shape index (κ1) is 18.4. The molecule has 2 aromatic carbocycles. The summed E-state index contributed by atoms with van der Waals surface area (Å²) in [5, 5.41) is 0.731. The molecule has 0 unspecified atom stereocenters. The lowest BCUT2D eigenvalue weighted by Gasteiger charge is -2.34. The Balaban J connectivity index is 1.42. The second kappa shape index (κ2) is 8.83. The summed E-state index contributed by atoms with van der Waals surface area (Å²) in [5.41, 5.74) is 1.65. The van der Waals surface area contributed by atoms with Gasteiger partial charge in [0.2, 0.25) is 0 Å². The highest BCUT2D eigenvalue weighted by Gasteiger charge is 2.22. The summed E-state index contributed by atoms with van der Waals surface area (Å²) in [6.07, 6.45) is 0. The smallest absolute Gasteiger partial charge is 0.338 e. The van der Waals surface area contributed by atoms with E-state index in [1.54, 1.807) is 29.2 Å². The van der Waals surface area contributed by atoms with Crippen LogP contribution in [0.15, 0.2) is 54.6 Å². The molecule has 5 nitrogen and oxygen atoms in total. The van der Waals surface area contributed by atoms with Crippen LogP contribution in [0.25, 0.3) is 0 Å². The number of rotatable bonds is 5. The minimum absolute atomic E-state index is 0.152. The predicted molar refractivity (Wildman–Crippen MR) is 100 cm³/mol. The predicted octanol–water partition coefficient (Wildman–Crippen LogP) is 2.84. The Bertz CT molecular complexity index is 741. The van der Waals surface area contributed by atoms with Crippen molar-refractivity contribution in [1.82, 2.24) is 9.80 Å². The lowest BCUT2D eigenvalue weighted by atomic mass is 10.2. The summed E-state index contributed by atoms with van der Waals surface area (Å²) < 4.78 is 5.12. The van der Waals surface area contributed by atoms with Crippen LogP contribution in [-0.4, -0.2) is 54.5 Å². The van der Waals surface area contributed by atoms with E-state index in [9.17, 15) is 9.59 Å². The van der Waals surface area contributed by atoms with E-state index in [1.807, 2.05) is 30.3 Å². The first-order chi connectivity index (χ1) is 12.6. The molecule has 6 heteroatoms. The fourth-order valence-corrected chi connectivity index (χ4v) is 3.01. The van der Waals surface area contributed by atoms with Gasteiger partial charge in [-0.2, -0.15) is 0 Å². The van der Waals surface area contributed by atoms with Crippen LogP contribution >= 0.6 is 11.6 Å². The molecule has 3 rings (SSSR count). The van der Waals surface area contributed by atoms with Crippen LogP contribution in [-0.2, 0) is 16.1 Å². The third-order valence-electron chi connectivity index (χ3n) is 4.38. The maximum atomic E-state index is 12.3. The monoisotopic (exact) mass is 372 g/mol. The van der Waals surface area contributed by atoms with Crippen LogP contribution in [0.4, 0.5) is 0 Å². The number of carbonyl (C=O) groups is 2. The molecular formula is C20H21ClN2O3. The van der Waals surface area contributed by atoms with Gasteiger partial charge in [-0.05, 0) is 29.8 Å². The van der Waals surface area contributed by atoms with E-state index >= 15 is 0 Å². The number of carbonyl (C=O) groups excluding carboxylic acids is 2. The summed E-state index contributed by atoms with van der Waals surface area (Å²) in [4.78, 5) is 28.2. The largest absolute Gasteiger partial charge is 0.452 e. The van der Waals surface area contributed by atoms with Crippen molar-refractivity contribution in [3.63, 3.8) is 0 Å². The van der Waals surface area contributed by atoms with Gasteiger partial charge in [-0.1, -0.05) is 41.9 Å². The highest BCUT2D eigenvalue weighted by Crippen LogP contribution is 2.13. The molecule has 0 radical (unpaired) electrons. The third-order valence-corrected chi connectivity index (χ3v) is 4.63. The zero-order valence-electron chi connectivity index (χ0n) is 14.4. The molecule has 1 amide bonds. The van der Waals surface area contributed by atoms with Gasteiger partial charge in [0, 0.05) is 37.7 Å². The first-order valence-electron chi connectivity index (χ1n) is 8.58. The number of piperazine rings is 1. The van der Waals surface area contributed by atoms with Crippen molar-refractivity contribution in [1.29, 1.82) is 0 Å². The van der Waals surface area contributed by atoms with Crippen LogP contribution in [0.1, 0.15) is 15.9 Å². The minimum atomic E-state index is -0.472. The summed E-state index contributed by atoms with van der Waals surface area (Å²) in [5.74, 6) is -0.624. The summed E-state index contributed by atoms with van der Waals surface area (Å²) in [6, 6.07) is 16.5. The second-order valence-corrected chi connectivity index (χ2v) is 6.66. The van der Waals surface area contributed by atoms with Crippen LogP contribution in [0.3, 0.4) is 0 Å². The molecule has 0 aromatic heterocycles. The van der Waals surface area contributed by atoms with Gasteiger partial charge >= 0.3 is 5.97 Å². The molecule has 0 N–H and O–H groups in total. The number of esters is 1. The Morgan fingerprint density at radius 1 is 0.923 bits per heavy atom. The Kier molecular flexibility index (Phi) is 6.26. The number of hydrogen-bond donors (Lipinski definition) is 0. The molecule has 1 aliphatic rings. The van der Waals surface area contributed by atoms with E-state index in [2.05, 4.69) is 4.90 Å². The summed E-state index contributed by atoms with van der Waals surface area (Å²) >= 11 is 5.91. The van der Waals surface area contributed by atoms with E-state index in [4.69, 9.17) is 16.3 Å². The molecule has 26 heavy (non-hydrogen) atoms. The van der Waals surface area contributed by atoms with Crippen molar-refractivity contribution in [2.45, 2.75) is 6.54 Å². The van der Waals surface area contributed by atoms with Crippen molar-refractivity contribution in [3.8, 4) is 0 Å². The molecule has 1 saturated heterocycles. The molecule has 2 aromatic rings. The minimum Gasteiger partial charge on any atom is -0.452 e. The molecular weight excluding hydrogens is 352 g/mol. The average Bonchev–Trinajstić information content (AvgIpc) is 2.69. The third kappa shape index (κ3) is 5.07. The van der Waals surface area contributed by atoms with E-state index < -0.39 is 5.97 Å². The average molecular weight is 373 g/mol. The van der Waals surface area contributed by atoms with Gasteiger partial charge in [0.15, 0.2) is 6.61 Å². The SMILES string of the molecule is O=C(OCC(=O)N1CCN(Cc2ccc(Cl)cc2)CC1)c1ccccc1. The maximum Gasteiger partial charge on any atom is 0.338 e. The van der Waals surface area contributed by atoms with E-state index in [-0.39, 0.29) is 12.5 Å². The number of halogens is 1. The Hall–Kier alpha value is -2.37. The van der Waals surface area contributed by atoms with Gasteiger partial charge in [0.25, 0.3) is 5.91 Å². The zero-order valence-corrected chi connectivity index (χ0v) is 15.2. The number of nitrogens with zero attached hydrogens (tertiary/aromatic N) is 2. The fraction of sp³-hybridized carbons (Fsp3) is 0.300. The maximum absolute atomic E-state index is 12.3. The highest BCUT2D eigenvalue weighted by atomic mass is 35.5. The van der Waals surface area contributed by atoms with Crippen LogP contribution in [0, 0.1) is 0 Å². The molecule has 1 aliphatic heterocycles. The zero-order chi connectivity index (χ0) is 18.4. The summed E-state index contributed by atoms with van der Waals surface area (Å²) in [7, 11) is 0. The molecule has 0 spiro atoms. The quantitative estimate of drug-likeness (QED) is 0.757. The number of ether oxygens (including phenoxy) is 1. The van der Waals surface area contributed by atoms with Gasteiger partial charge in [-0.25, -0.2) is 4.79 Å². The standard InChI is InChI=1S/C20H21ClN2O3/c21-18-8-6-16(7-9-18)14-22-10-12-23(13-11-22)19(24)15-26-20(25)17-4-2-1-3-5-17/h1-9H,10-15H2. The van der Waals surface area contributed by atoms with Crippen molar-refractivity contribution >= 4 is 23.5 Å². The number of amides is 1. The topological polar surface area (TPSA) is 49.9 Å². The normalized spacial score (nSPS) is 14.9.